The molecule has 0 aliphatic heterocycles. The number of phosphoric ester groups is 1. The van der Waals surface area contributed by atoms with E-state index in [-0.39, 0.29) is 19.4 Å². The Bertz CT molecular complexity index is 1220. The van der Waals surface area contributed by atoms with Gasteiger partial charge in [-0.05, 0) is 64.2 Å². The molecule has 0 aromatic heterocycles. The highest BCUT2D eigenvalue weighted by atomic mass is 31.2. The van der Waals surface area contributed by atoms with Gasteiger partial charge < -0.3 is 29.5 Å². The highest BCUT2D eigenvalue weighted by Gasteiger charge is 2.22. The van der Waals surface area contributed by atoms with Crippen molar-refractivity contribution in [2.24, 2.45) is 0 Å². The lowest BCUT2D eigenvalue weighted by Crippen LogP contribution is -2.29. The molecular weight excluding hydrogens is 707 g/mol. The number of rotatable bonds is 34. The number of carbonyl (C=O) groups is 2. The first-order valence-corrected chi connectivity index (χ1v) is 21.3. The van der Waals surface area contributed by atoms with Gasteiger partial charge in [-0.15, -0.1) is 0 Å². The number of allylic oxidation sites excluding steroid dienone is 12. The molecule has 0 bridgehead atoms. The third kappa shape index (κ3) is 38.6. The van der Waals surface area contributed by atoms with Gasteiger partial charge in [0.1, 0.15) is 6.61 Å². The molecule has 54 heavy (non-hydrogen) atoms. The minimum Gasteiger partial charge on any atom is -0.462 e. The highest BCUT2D eigenvalue weighted by Crippen LogP contribution is 2.36. The van der Waals surface area contributed by atoms with Crippen LogP contribution < -0.4 is 0 Å². The third-order valence-electron chi connectivity index (χ3n) is 7.79. The maximum absolute atomic E-state index is 12.4. The Morgan fingerprint density at radius 3 is 1.78 bits per heavy atom. The van der Waals surface area contributed by atoms with Gasteiger partial charge in [-0.25, -0.2) is 4.57 Å². The molecule has 0 aliphatic rings. The molecule has 0 saturated carbocycles. The summed E-state index contributed by atoms with van der Waals surface area (Å²) in [5.41, 5.74) is 0. The third-order valence-corrected chi connectivity index (χ3v) is 8.28. The topological polar surface area (TPSA) is 160 Å². The largest absolute Gasteiger partial charge is 0.469 e. The molecule has 0 aromatic rings. The van der Waals surface area contributed by atoms with Crippen molar-refractivity contribution < 1.29 is 48.2 Å². The number of hydrogen-bond acceptors (Lipinski definition) is 8. The van der Waals surface area contributed by atoms with E-state index in [1.54, 1.807) is 36.5 Å². The second kappa shape index (κ2) is 36.8. The minimum absolute atomic E-state index is 0.0763. The van der Waals surface area contributed by atoms with Crippen molar-refractivity contribution in [3.05, 3.63) is 97.2 Å². The maximum atomic E-state index is 12.4. The van der Waals surface area contributed by atoms with Gasteiger partial charge in [0.15, 0.2) is 6.10 Å². The van der Waals surface area contributed by atoms with Crippen LogP contribution in [0.1, 0.15) is 129 Å². The summed E-state index contributed by atoms with van der Waals surface area (Å²) >= 11 is 0. The second-order valence-electron chi connectivity index (χ2n) is 13.0. The van der Waals surface area contributed by atoms with Crippen molar-refractivity contribution in [1.82, 2.24) is 0 Å². The molecule has 0 saturated heterocycles. The lowest BCUT2D eigenvalue weighted by Gasteiger charge is -2.18. The highest BCUT2D eigenvalue weighted by molar-refractivity contribution is 7.46. The molecule has 0 rings (SSSR count). The number of aliphatic hydroxyl groups excluding tert-OH is 2. The molecule has 0 aliphatic carbocycles. The zero-order chi connectivity index (χ0) is 40.0. The van der Waals surface area contributed by atoms with E-state index in [1.807, 2.05) is 43.4 Å². The van der Waals surface area contributed by atoms with Crippen molar-refractivity contribution in [2.45, 2.75) is 148 Å². The predicted molar refractivity (Wildman–Crippen MR) is 218 cm³/mol. The molecule has 0 radical (unpaired) electrons. The fraction of sp³-hybridized carbons (Fsp3) is 0.581. The molecule has 4 N–H and O–H groups in total. The standard InChI is InChI=1S/C43H69O10P/c1-3-5-7-8-9-10-11-12-13-14-15-16-17-22-30-36-43(47)53-41(38-52-54(48,49)50)37-51-42(46)35-29-21-19-18-20-26-32-40(45)34-28-24-23-27-33-39(44)31-25-6-4-2/h6,10-13,19-21,23-28,33-34,39-41,44-45H,3-5,7-9,14-18,22,29-32,35-38H2,1-2H3,(H2,48,49,50)/b11-10-,13-12-,21-19-,24-23-,25-6-,26-20-,33-27+,34-28+/t39-,40+,41-/m1/s1. The minimum atomic E-state index is -4.80. The van der Waals surface area contributed by atoms with Gasteiger partial charge in [-0.2, -0.15) is 0 Å². The molecule has 10 nitrogen and oxygen atoms in total. The molecule has 0 unspecified atom stereocenters. The molecule has 0 aromatic carbocycles. The zero-order valence-corrected chi connectivity index (χ0v) is 33.7. The smallest absolute Gasteiger partial charge is 0.462 e. The van der Waals surface area contributed by atoms with Gasteiger partial charge in [0.25, 0.3) is 0 Å². The van der Waals surface area contributed by atoms with Crippen LogP contribution in [0.3, 0.4) is 0 Å². The second-order valence-corrected chi connectivity index (χ2v) is 14.2. The quantitative estimate of drug-likeness (QED) is 0.0163. The molecule has 11 heteroatoms. The van der Waals surface area contributed by atoms with Crippen molar-refractivity contribution in [2.75, 3.05) is 13.2 Å². The van der Waals surface area contributed by atoms with Crippen LogP contribution in [0.25, 0.3) is 0 Å². The zero-order valence-electron chi connectivity index (χ0n) is 32.8. The van der Waals surface area contributed by atoms with Crippen molar-refractivity contribution in [3.8, 4) is 0 Å². The molecule has 0 amide bonds. The van der Waals surface area contributed by atoms with E-state index in [4.69, 9.17) is 19.3 Å². The lowest BCUT2D eigenvalue weighted by atomic mass is 10.1. The Balaban J connectivity index is 4.25. The van der Waals surface area contributed by atoms with Crippen LogP contribution in [0.15, 0.2) is 97.2 Å². The van der Waals surface area contributed by atoms with E-state index in [0.29, 0.717) is 32.1 Å². The van der Waals surface area contributed by atoms with Gasteiger partial charge in [-0.1, -0.05) is 150 Å². The number of aliphatic hydroxyl groups is 2. The summed E-state index contributed by atoms with van der Waals surface area (Å²) in [6.45, 7) is 3.29. The van der Waals surface area contributed by atoms with Gasteiger partial charge in [0, 0.05) is 12.8 Å². The van der Waals surface area contributed by atoms with E-state index >= 15 is 0 Å². The van der Waals surface area contributed by atoms with Crippen molar-refractivity contribution in [3.63, 3.8) is 0 Å². The Hall–Kier alpha value is -3.11. The monoisotopic (exact) mass is 776 g/mol. The summed E-state index contributed by atoms with van der Waals surface area (Å²) in [5.74, 6) is -1.08. The normalized spacial score (nSPS) is 14.7. The molecular formula is C43H69O10P. The van der Waals surface area contributed by atoms with Crippen LogP contribution in [0.4, 0.5) is 0 Å². The number of carbonyl (C=O) groups excluding carboxylic acids is 2. The molecule has 0 heterocycles. The summed E-state index contributed by atoms with van der Waals surface area (Å²) in [7, 11) is -4.80. The molecule has 3 atom stereocenters. The first kappa shape index (κ1) is 50.9. The Labute approximate surface area is 325 Å². The lowest BCUT2D eigenvalue weighted by molar-refractivity contribution is -0.161. The summed E-state index contributed by atoms with van der Waals surface area (Å²) in [6, 6.07) is 0. The van der Waals surface area contributed by atoms with Crippen LogP contribution in [0, 0.1) is 0 Å². The van der Waals surface area contributed by atoms with Gasteiger partial charge in [0.2, 0.25) is 0 Å². The first-order valence-electron chi connectivity index (χ1n) is 19.8. The number of unbranched alkanes of at least 4 members (excludes halogenated alkanes) is 9. The molecule has 0 spiro atoms. The predicted octanol–water partition coefficient (Wildman–Crippen LogP) is 9.78. The van der Waals surface area contributed by atoms with E-state index in [2.05, 4.69) is 35.8 Å². The number of ether oxygens (including phenoxy) is 2. The SMILES string of the molecule is CC/C=C\C[C@@H](O)/C=C/C=C\C=C\[C@@H](O)C/C=C\C/C=C\CCC(=O)OC[C@H](COP(=O)(O)O)OC(=O)CCCCCCC/C=C\C=C/CCCCCC. The van der Waals surface area contributed by atoms with Crippen LogP contribution in [0.5, 0.6) is 0 Å². The first-order chi connectivity index (χ1) is 26.1. The average Bonchev–Trinajstić information content (AvgIpc) is 3.13. The molecule has 306 valence electrons. The Morgan fingerprint density at radius 1 is 0.593 bits per heavy atom. The van der Waals surface area contributed by atoms with Gasteiger partial charge in [0.05, 0.1) is 18.8 Å². The van der Waals surface area contributed by atoms with Crippen LogP contribution >= 0.6 is 7.82 Å². The van der Waals surface area contributed by atoms with Gasteiger partial charge in [-0.3, -0.25) is 14.1 Å². The summed E-state index contributed by atoms with van der Waals surface area (Å²) in [4.78, 5) is 42.7. The van der Waals surface area contributed by atoms with E-state index in [1.165, 1.54) is 25.7 Å². The van der Waals surface area contributed by atoms with E-state index in [0.717, 1.165) is 44.9 Å². The van der Waals surface area contributed by atoms with Crippen molar-refractivity contribution in [1.29, 1.82) is 0 Å². The summed E-state index contributed by atoms with van der Waals surface area (Å²) in [5, 5.41) is 19.9. The van der Waals surface area contributed by atoms with Crippen LogP contribution in [-0.4, -0.2) is 63.5 Å². The fourth-order valence-corrected chi connectivity index (χ4v) is 5.16. The number of phosphoric acid groups is 1. The fourth-order valence-electron chi connectivity index (χ4n) is 4.80. The summed E-state index contributed by atoms with van der Waals surface area (Å²) < 4.78 is 26.2. The van der Waals surface area contributed by atoms with Crippen LogP contribution in [-0.2, 0) is 28.2 Å². The van der Waals surface area contributed by atoms with Gasteiger partial charge >= 0.3 is 19.8 Å². The maximum Gasteiger partial charge on any atom is 0.469 e. The Kier molecular flexibility index (Phi) is 34.7. The number of esters is 2. The van der Waals surface area contributed by atoms with E-state index in [9.17, 15) is 24.4 Å². The van der Waals surface area contributed by atoms with E-state index < -0.39 is 44.7 Å². The van der Waals surface area contributed by atoms with Crippen molar-refractivity contribution >= 4 is 19.8 Å². The average molecular weight is 777 g/mol. The Morgan fingerprint density at radius 2 is 1.17 bits per heavy atom. The number of hydrogen-bond donors (Lipinski definition) is 4. The van der Waals surface area contributed by atoms with Crippen LogP contribution in [0.2, 0.25) is 0 Å². The molecule has 0 fully saturated rings. The summed E-state index contributed by atoms with van der Waals surface area (Å²) in [6.07, 6.45) is 43.4.